The molecule has 0 bridgehead atoms. The van der Waals surface area contributed by atoms with Crippen LogP contribution in [0.15, 0.2) is 27.4 Å². The molecule has 0 saturated carbocycles. The zero-order valence-corrected chi connectivity index (χ0v) is 14.8. The minimum absolute atomic E-state index is 0.124. The first-order valence-corrected chi connectivity index (χ1v) is 9.21. The molecule has 8 heteroatoms. The molecule has 2 amide bonds. The van der Waals surface area contributed by atoms with Gasteiger partial charge in [-0.25, -0.2) is 0 Å². The van der Waals surface area contributed by atoms with Gasteiger partial charge in [0.15, 0.2) is 0 Å². The maximum absolute atomic E-state index is 13.1. The molecule has 7 nitrogen and oxygen atoms in total. The van der Waals surface area contributed by atoms with Crippen LogP contribution in [0.25, 0.3) is 0 Å². The summed E-state index contributed by atoms with van der Waals surface area (Å²) in [5.41, 5.74) is 0.468. The Morgan fingerprint density at radius 1 is 1.40 bits per heavy atom. The monoisotopic (exact) mass is 361 g/mol. The van der Waals surface area contributed by atoms with Gasteiger partial charge >= 0.3 is 0 Å². The molecule has 2 aromatic heterocycles. The lowest BCUT2D eigenvalue weighted by Gasteiger charge is -2.38. The number of ether oxygens (including phenoxy) is 1. The molecule has 1 atom stereocenters. The van der Waals surface area contributed by atoms with Crippen molar-refractivity contribution in [2.24, 2.45) is 5.41 Å². The number of thiophene rings is 1. The van der Waals surface area contributed by atoms with Gasteiger partial charge in [0, 0.05) is 25.0 Å². The number of carbonyl (C=O) groups is 2. The van der Waals surface area contributed by atoms with Crippen LogP contribution >= 0.6 is 11.3 Å². The van der Waals surface area contributed by atoms with Crippen LogP contribution in [0.1, 0.15) is 29.8 Å². The minimum atomic E-state index is -0.486. The average Bonchev–Trinajstić information content (AvgIpc) is 3.37. The topological polar surface area (TPSA) is 75.9 Å². The van der Waals surface area contributed by atoms with Crippen LogP contribution in [0.3, 0.4) is 0 Å². The molecule has 2 aromatic rings. The van der Waals surface area contributed by atoms with Crippen LogP contribution in [0.2, 0.25) is 0 Å². The number of amides is 2. The predicted molar refractivity (Wildman–Crippen MR) is 91.9 cm³/mol. The van der Waals surface area contributed by atoms with E-state index < -0.39 is 5.41 Å². The number of methoxy groups -OCH3 is 1. The number of piperidine rings is 1. The lowest BCUT2D eigenvalue weighted by Crippen LogP contribution is -2.49. The third kappa shape index (κ3) is 2.70. The zero-order chi connectivity index (χ0) is 17.4. The second-order valence-electron chi connectivity index (χ2n) is 6.53. The fraction of sp³-hybridized carbons (Fsp3) is 0.471. The summed E-state index contributed by atoms with van der Waals surface area (Å²) in [6.07, 6.45) is 2.39. The molecular formula is C17H19N3O4S. The summed E-state index contributed by atoms with van der Waals surface area (Å²) in [4.78, 5) is 29.3. The second-order valence-corrected chi connectivity index (χ2v) is 7.31. The average molecular weight is 361 g/mol. The molecule has 25 heavy (non-hydrogen) atoms. The second kappa shape index (κ2) is 6.18. The van der Waals surface area contributed by atoms with Crippen LogP contribution in [-0.4, -0.2) is 48.6 Å². The lowest BCUT2D eigenvalue weighted by atomic mass is 9.78. The Morgan fingerprint density at radius 3 is 3.00 bits per heavy atom. The molecule has 1 unspecified atom stereocenters. The van der Waals surface area contributed by atoms with Gasteiger partial charge in [-0.1, -0.05) is 0 Å². The van der Waals surface area contributed by atoms with Crippen molar-refractivity contribution >= 4 is 28.8 Å². The van der Waals surface area contributed by atoms with Gasteiger partial charge in [0.2, 0.25) is 11.7 Å². The summed E-state index contributed by atoms with van der Waals surface area (Å²) >= 11 is 1.58. The van der Waals surface area contributed by atoms with Crippen molar-refractivity contribution in [1.29, 1.82) is 0 Å². The number of anilines is 1. The summed E-state index contributed by atoms with van der Waals surface area (Å²) in [7, 11) is 1.47. The summed E-state index contributed by atoms with van der Waals surface area (Å²) in [5, 5.41) is 7.64. The maximum Gasteiger partial charge on any atom is 0.292 e. The van der Waals surface area contributed by atoms with Crippen molar-refractivity contribution in [3.05, 3.63) is 28.7 Å². The highest BCUT2D eigenvalue weighted by Crippen LogP contribution is 2.42. The smallest absolute Gasteiger partial charge is 0.292 e. The van der Waals surface area contributed by atoms with Gasteiger partial charge in [0.1, 0.15) is 0 Å². The molecule has 2 saturated heterocycles. The molecule has 1 spiro atoms. The molecule has 4 rings (SSSR count). The molecule has 132 valence electrons. The standard InChI is InChI=1S/C17H19N3O4S/c1-23-14-9-13(24-18-14)15(21)19-6-2-4-17(11-19)5-7-20(16(17)22)12-3-8-25-10-12/h3,8-10H,2,4-7,11H2,1H3. The lowest BCUT2D eigenvalue weighted by molar-refractivity contribution is -0.127. The Balaban J connectivity index is 1.53. The summed E-state index contributed by atoms with van der Waals surface area (Å²) in [6, 6.07) is 3.45. The maximum atomic E-state index is 13.1. The van der Waals surface area contributed by atoms with Crippen molar-refractivity contribution in [3.8, 4) is 5.88 Å². The van der Waals surface area contributed by atoms with Gasteiger partial charge in [0.05, 0.1) is 24.3 Å². The Hall–Kier alpha value is -2.35. The number of carbonyl (C=O) groups excluding carboxylic acids is 2. The van der Waals surface area contributed by atoms with E-state index in [0.717, 1.165) is 24.9 Å². The minimum Gasteiger partial charge on any atom is -0.479 e. The van der Waals surface area contributed by atoms with Crippen molar-refractivity contribution in [3.63, 3.8) is 0 Å². The molecule has 0 aromatic carbocycles. The van der Waals surface area contributed by atoms with Gasteiger partial charge in [0.25, 0.3) is 11.8 Å². The molecule has 4 heterocycles. The number of hydrogen-bond donors (Lipinski definition) is 0. The van der Waals surface area contributed by atoms with E-state index in [-0.39, 0.29) is 23.5 Å². The van der Waals surface area contributed by atoms with Crippen LogP contribution < -0.4 is 9.64 Å². The molecule has 0 N–H and O–H groups in total. The summed E-state index contributed by atoms with van der Waals surface area (Å²) in [5.74, 6) is 0.305. The Morgan fingerprint density at radius 2 is 2.28 bits per heavy atom. The van der Waals surface area contributed by atoms with Crippen molar-refractivity contribution in [2.45, 2.75) is 19.3 Å². The van der Waals surface area contributed by atoms with E-state index in [1.54, 1.807) is 16.2 Å². The van der Waals surface area contributed by atoms with E-state index in [2.05, 4.69) is 5.16 Å². The van der Waals surface area contributed by atoms with Gasteiger partial charge in [-0.2, -0.15) is 11.3 Å². The fourth-order valence-corrected chi connectivity index (χ4v) is 4.42. The number of rotatable bonds is 3. The first-order valence-electron chi connectivity index (χ1n) is 8.27. The first-order chi connectivity index (χ1) is 12.1. The highest BCUT2D eigenvalue weighted by Gasteiger charge is 2.50. The SMILES string of the molecule is COc1cc(C(=O)N2CCCC3(CCN(c4ccsc4)C3=O)C2)on1. The highest BCUT2D eigenvalue weighted by molar-refractivity contribution is 7.08. The quantitative estimate of drug-likeness (QED) is 0.839. The predicted octanol–water partition coefficient (Wildman–Crippen LogP) is 2.40. The van der Waals surface area contributed by atoms with Crippen molar-refractivity contribution in [2.75, 3.05) is 31.6 Å². The van der Waals surface area contributed by atoms with E-state index in [4.69, 9.17) is 9.26 Å². The molecule has 2 aliphatic rings. The normalized spacial score (nSPS) is 23.5. The first kappa shape index (κ1) is 16.1. The van der Waals surface area contributed by atoms with E-state index >= 15 is 0 Å². The van der Waals surface area contributed by atoms with E-state index in [1.165, 1.54) is 13.2 Å². The van der Waals surface area contributed by atoms with E-state index in [0.29, 0.717) is 19.6 Å². The summed E-state index contributed by atoms with van der Waals surface area (Å²) < 4.78 is 10.0. The third-order valence-electron chi connectivity index (χ3n) is 5.10. The number of aromatic nitrogens is 1. The number of hydrogen-bond acceptors (Lipinski definition) is 6. The fourth-order valence-electron chi connectivity index (χ4n) is 3.77. The Labute approximate surface area is 149 Å². The highest BCUT2D eigenvalue weighted by atomic mass is 32.1. The number of likely N-dealkylation sites (tertiary alicyclic amines) is 1. The van der Waals surface area contributed by atoms with Crippen LogP contribution in [0.4, 0.5) is 5.69 Å². The largest absolute Gasteiger partial charge is 0.479 e. The Bertz CT molecular complexity index is 788. The third-order valence-corrected chi connectivity index (χ3v) is 5.77. The van der Waals surface area contributed by atoms with Gasteiger partial charge in [-0.3, -0.25) is 9.59 Å². The van der Waals surface area contributed by atoms with Crippen LogP contribution in [0.5, 0.6) is 5.88 Å². The van der Waals surface area contributed by atoms with Crippen LogP contribution in [0, 0.1) is 5.41 Å². The van der Waals surface area contributed by atoms with Crippen molar-refractivity contribution in [1.82, 2.24) is 10.1 Å². The number of nitrogens with zero attached hydrogens (tertiary/aromatic N) is 3. The van der Waals surface area contributed by atoms with E-state index in [9.17, 15) is 9.59 Å². The van der Waals surface area contributed by atoms with Gasteiger partial charge < -0.3 is 19.1 Å². The molecular weight excluding hydrogens is 342 g/mol. The van der Waals surface area contributed by atoms with Crippen LogP contribution in [-0.2, 0) is 4.79 Å². The molecule has 0 radical (unpaired) electrons. The van der Waals surface area contributed by atoms with E-state index in [1.807, 2.05) is 21.7 Å². The van der Waals surface area contributed by atoms with Crippen molar-refractivity contribution < 1.29 is 18.8 Å². The molecule has 2 fully saturated rings. The molecule has 2 aliphatic heterocycles. The zero-order valence-electron chi connectivity index (χ0n) is 13.9. The molecule has 0 aliphatic carbocycles. The summed E-state index contributed by atoms with van der Waals surface area (Å²) in [6.45, 7) is 1.75. The van der Waals surface area contributed by atoms with Gasteiger partial charge in [-0.05, 0) is 35.9 Å². The van der Waals surface area contributed by atoms with Gasteiger partial charge in [-0.15, -0.1) is 0 Å². The Kier molecular flexibility index (Phi) is 3.99.